The van der Waals surface area contributed by atoms with Gasteiger partial charge in [-0.3, -0.25) is 19.1 Å². The Morgan fingerprint density at radius 1 is 1.14 bits per heavy atom. The number of fused-ring (bicyclic) bond motifs is 1. The number of pyridine rings is 1. The molecule has 0 spiro atoms. The molecule has 2 saturated carbocycles. The fourth-order valence-electron chi connectivity index (χ4n) is 5.78. The summed E-state index contributed by atoms with van der Waals surface area (Å²) in [7, 11) is -2.28. The van der Waals surface area contributed by atoms with Crippen molar-refractivity contribution in [2.45, 2.75) is 101 Å². The summed E-state index contributed by atoms with van der Waals surface area (Å²) in [5.41, 5.74) is -2.26. The minimum absolute atomic E-state index is 0.0286. The lowest BCUT2D eigenvalue weighted by Gasteiger charge is -2.30. The maximum atomic E-state index is 14.3. The first-order valence-corrected chi connectivity index (χ1v) is 18.7. The molecule has 0 radical (unpaired) electrons. The molecule has 3 N–H and O–H groups in total. The molecule has 1 aromatic heterocycles. The molecule has 3 fully saturated rings. The van der Waals surface area contributed by atoms with E-state index in [1.807, 2.05) is 19.1 Å². The zero-order chi connectivity index (χ0) is 37.0. The van der Waals surface area contributed by atoms with Crippen LogP contribution >= 0.6 is 0 Å². The molecule has 15 nitrogen and oxygen atoms in total. The SMILES string of the molecule is C/C=C\COCC[C@H](NC(=O)OC(C)(C)C)C(=O)N1C[C@H](Oc2nccc3cc(OC)ccc23)C[C@H]1C(=O)NC1(C(=O)NS(=O)(=O)C2CC2)CC1. The predicted octanol–water partition coefficient (Wildman–Crippen LogP) is 2.73. The van der Waals surface area contributed by atoms with E-state index in [-0.39, 0.29) is 44.7 Å². The van der Waals surface area contributed by atoms with Gasteiger partial charge in [0.1, 0.15) is 35.1 Å². The molecule has 51 heavy (non-hydrogen) atoms. The average molecular weight is 730 g/mol. The fraction of sp³-hybridized carbons (Fsp3) is 0.571. The van der Waals surface area contributed by atoms with Crippen LogP contribution in [0, 0.1) is 0 Å². The monoisotopic (exact) mass is 729 g/mol. The zero-order valence-corrected chi connectivity index (χ0v) is 30.4. The van der Waals surface area contributed by atoms with Gasteiger partial charge in [0.25, 0.3) is 5.91 Å². The maximum absolute atomic E-state index is 14.3. The first-order valence-electron chi connectivity index (χ1n) is 17.1. The van der Waals surface area contributed by atoms with Crippen LogP contribution in [0.3, 0.4) is 0 Å². The summed E-state index contributed by atoms with van der Waals surface area (Å²) < 4.78 is 49.9. The van der Waals surface area contributed by atoms with E-state index in [2.05, 4.69) is 20.3 Å². The van der Waals surface area contributed by atoms with Gasteiger partial charge in [-0.1, -0.05) is 12.2 Å². The number of carbonyl (C=O) groups is 4. The van der Waals surface area contributed by atoms with Crippen molar-refractivity contribution in [2.75, 3.05) is 26.9 Å². The Hall–Kier alpha value is -4.44. The first-order chi connectivity index (χ1) is 24.1. The summed E-state index contributed by atoms with van der Waals surface area (Å²) >= 11 is 0. The van der Waals surface area contributed by atoms with Crippen LogP contribution in [-0.4, -0.2) is 104 Å². The normalized spacial score (nSPS) is 20.5. The number of hydrogen-bond donors (Lipinski definition) is 3. The number of sulfonamides is 1. The van der Waals surface area contributed by atoms with Crippen molar-refractivity contribution in [3.8, 4) is 11.6 Å². The number of ether oxygens (including phenoxy) is 4. The number of aromatic nitrogens is 1. The number of benzene rings is 1. The molecule has 1 aromatic carbocycles. The highest BCUT2D eigenvalue weighted by Crippen LogP contribution is 2.38. The van der Waals surface area contributed by atoms with Gasteiger partial charge in [-0.2, -0.15) is 0 Å². The molecule has 0 bridgehead atoms. The number of methoxy groups -OCH3 is 1. The minimum atomic E-state index is -3.84. The van der Waals surface area contributed by atoms with Gasteiger partial charge in [0.05, 0.1) is 25.5 Å². The summed E-state index contributed by atoms with van der Waals surface area (Å²) in [5.74, 6) is -1.10. The summed E-state index contributed by atoms with van der Waals surface area (Å²) in [6.07, 6.45) is 5.20. The van der Waals surface area contributed by atoms with Crippen LogP contribution in [0.5, 0.6) is 11.6 Å². The maximum Gasteiger partial charge on any atom is 0.408 e. The van der Waals surface area contributed by atoms with Crippen LogP contribution < -0.4 is 24.8 Å². The van der Waals surface area contributed by atoms with E-state index in [0.717, 1.165) is 5.39 Å². The molecule has 4 amide bonds. The van der Waals surface area contributed by atoms with E-state index in [9.17, 15) is 27.6 Å². The molecule has 2 heterocycles. The lowest BCUT2D eigenvalue weighted by molar-refractivity contribution is -0.141. The van der Waals surface area contributed by atoms with Crippen molar-refractivity contribution >= 4 is 44.6 Å². The zero-order valence-electron chi connectivity index (χ0n) is 29.6. The third kappa shape index (κ3) is 9.67. The van der Waals surface area contributed by atoms with Crippen LogP contribution in [0.4, 0.5) is 4.79 Å². The summed E-state index contributed by atoms with van der Waals surface area (Å²) in [4.78, 5) is 60.1. The molecule has 5 rings (SSSR count). The Morgan fingerprint density at radius 3 is 2.53 bits per heavy atom. The number of nitrogens with zero attached hydrogens (tertiary/aromatic N) is 2. The van der Waals surface area contributed by atoms with Crippen LogP contribution in [0.25, 0.3) is 10.8 Å². The van der Waals surface area contributed by atoms with Gasteiger partial charge in [-0.25, -0.2) is 18.2 Å². The van der Waals surface area contributed by atoms with Gasteiger partial charge in [0, 0.05) is 31.0 Å². The first kappa shape index (κ1) is 37.8. The summed E-state index contributed by atoms with van der Waals surface area (Å²) in [6.45, 7) is 7.31. The molecule has 0 unspecified atom stereocenters. The van der Waals surface area contributed by atoms with E-state index in [1.54, 1.807) is 58.4 Å². The van der Waals surface area contributed by atoms with Crippen LogP contribution in [0.1, 0.15) is 66.2 Å². The third-order valence-electron chi connectivity index (χ3n) is 8.80. The van der Waals surface area contributed by atoms with E-state index in [0.29, 0.717) is 30.6 Å². The lowest BCUT2D eigenvalue weighted by Crippen LogP contribution is -2.58. The average Bonchev–Trinajstić information content (AvgIpc) is 4.01. The molecular formula is C35H47N5O10S. The van der Waals surface area contributed by atoms with E-state index >= 15 is 0 Å². The van der Waals surface area contributed by atoms with Crippen molar-refractivity contribution < 1.29 is 46.5 Å². The fourth-order valence-corrected chi connectivity index (χ4v) is 7.16. The second kappa shape index (κ2) is 15.4. The quantitative estimate of drug-likeness (QED) is 0.180. The second-order valence-corrected chi connectivity index (χ2v) is 16.0. The Morgan fingerprint density at radius 2 is 1.88 bits per heavy atom. The summed E-state index contributed by atoms with van der Waals surface area (Å²) in [5, 5.41) is 6.27. The third-order valence-corrected chi connectivity index (χ3v) is 10.6. The standard InChI is InChI=1S/C35H47N5O10S/c1-6-7-17-48-18-13-27(37-33(44)50-34(2,3)4)31(42)40-21-24(49-30-26-11-8-23(47-5)19-22(26)12-16-36-30)20-28(40)29(41)38-35(14-15-35)32(43)39-51(45,46)25-9-10-25/h6-8,11-12,16,19,24-25,27-28H,9-10,13-15,17-18,20-21H2,1-5H3,(H,37,44)(H,38,41)(H,39,43)/b7-6-/t24-,27+,28+/m1/s1. The second-order valence-electron chi connectivity index (χ2n) is 14.1. The largest absolute Gasteiger partial charge is 0.497 e. The number of allylic oxidation sites excluding steroid dienone is 1. The molecule has 1 saturated heterocycles. The highest BCUT2D eigenvalue weighted by atomic mass is 32.2. The molecule has 2 aliphatic carbocycles. The minimum Gasteiger partial charge on any atom is -0.497 e. The highest BCUT2D eigenvalue weighted by molar-refractivity contribution is 7.91. The summed E-state index contributed by atoms with van der Waals surface area (Å²) in [6, 6.07) is 4.95. The smallest absolute Gasteiger partial charge is 0.408 e. The molecular weight excluding hydrogens is 682 g/mol. The van der Waals surface area contributed by atoms with Crippen molar-refractivity contribution in [1.82, 2.24) is 25.2 Å². The van der Waals surface area contributed by atoms with Gasteiger partial charge in [-0.05, 0) is 83.0 Å². The molecule has 16 heteroatoms. The van der Waals surface area contributed by atoms with E-state index < -0.39 is 68.4 Å². The highest BCUT2D eigenvalue weighted by Gasteiger charge is 2.55. The number of hydrogen-bond acceptors (Lipinski definition) is 11. The van der Waals surface area contributed by atoms with Gasteiger partial charge in [0.15, 0.2) is 0 Å². The van der Waals surface area contributed by atoms with Crippen molar-refractivity contribution in [3.63, 3.8) is 0 Å². The number of carbonyl (C=O) groups excluding carboxylic acids is 4. The Labute approximate surface area is 297 Å². The van der Waals surface area contributed by atoms with E-state index in [4.69, 9.17) is 18.9 Å². The molecule has 278 valence electrons. The number of rotatable bonds is 15. The van der Waals surface area contributed by atoms with Crippen molar-refractivity contribution in [3.05, 3.63) is 42.6 Å². The van der Waals surface area contributed by atoms with Crippen molar-refractivity contribution in [2.24, 2.45) is 0 Å². The van der Waals surface area contributed by atoms with Gasteiger partial charge in [0.2, 0.25) is 27.7 Å². The Bertz CT molecular complexity index is 1770. The number of amides is 4. The molecule has 1 aliphatic heterocycles. The Balaban J connectivity index is 1.39. The topological polar surface area (TPSA) is 192 Å². The Kier molecular flexibility index (Phi) is 11.4. The number of likely N-dealkylation sites (tertiary alicyclic amines) is 1. The van der Waals surface area contributed by atoms with Crippen LogP contribution in [-0.2, 0) is 33.9 Å². The lowest BCUT2D eigenvalue weighted by atomic mass is 10.1. The van der Waals surface area contributed by atoms with Gasteiger partial charge >= 0.3 is 6.09 Å². The molecule has 2 aromatic rings. The number of nitrogens with one attached hydrogen (secondary N) is 3. The van der Waals surface area contributed by atoms with E-state index in [1.165, 1.54) is 4.90 Å². The molecule has 3 atom stereocenters. The van der Waals surface area contributed by atoms with Crippen molar-refractivity contribution in [1.29, 1.82) is 0 Å². The van der Waals surface area contributed by atoms with Gasteiger partial charge in [-0.15, -0.1) is 0 Å². The molecule has 3 aliphatic rings. The number of alkyl carbamates (subject to hydrolysis) is 1. The van der Waals surface area contributed by atoms with Crippen LogP contribution in [0.15, 0.2) is 42.6 Å². The van der Waals surface area contributed by atoms with Gasteiger partial charge < -0.3 is 34.5 Å². The predicted molar refractivity (Wildman–Crippen MR) is 186 cm³/mol. The van der Waals surface area contributed by atoms with Crippen LogP contribution in [0.2, 0.25) is 0 Å².